The topological polar surface area (TPSA) is 60.2 Å². The molecule has 1 saturated heterocycles. The molecular weight excluding hydrogens is 270 g/mol. The number of amides is 1. The lowest BCUT2D eigenvalue weighted by molar-refractivity contribution is 0.181. The fraction of sp³-hybridized carbons (Fsp3) is 0.250. The van der Waals surface area contributed by atoms with E-state index in [0.717, 1.165) is 0 Å². The number of carbonyl (C=O) groups is 1. The van der Waals surface area contributed by atoms with E-state index in [1.165, 1.54) is 34.0 Å². The molecule has 0 saturated carbocycles. The highest BCUT2D eigenvalue weighted by molar-refractivity contribution is 5.87. The fourth-order valence-electron chi connectivity index (χ4n) is 1.94. The third-order valence-electron chi connectivity index (χ3n) is 2.95. The van der Waals surface area contributed by atoms with Crippen molar-refractivity contribution in [1.82, 2.24) is 15.0 Å². The van der Waals surface area contributed by atoms with Crippen molar-refractivity contribution in [3.05, 3.63) is 41.6 Å². The number of carbonyl (C=O) groups excluding carboxylic acids is 1. The second-order valence-corrected chi connectivity index (χ2v) is 4.24. The molecule has 2 aromatic rings. The SMILES string of the molecule is O=C1OCCN1c1cn(Cc2c(F)cccc2F)nn1. The van der Waals surface area contributed by atoms with Gasteiger partial charge in [0, 0.05) is 5.56 Å². The number of nitrogens with zero attached hydrogens (tertiary/aromatic N) is 4. The van der Waals surface area contributed by atoms with Gasteiger partial charge in [-0.05, 0) is 12.1 Å². The largest absolute Gasteiger partial charge is 0.447 e. The molecule has 0 unspecified atom stereocenters. The van der Waals surface area contributed by atoms with Gasteiger partial charge in [0.1, 0.15) is 18.2 Å². The van der Waals surface area contributed by atoms with Gasteiger partial charge in [-0.2, -0.15) is 0 Å². The Morgan fingerprint density at radius 3 is 2.70 bits per heavy atom. The minimum Gasteiger partial charge on any atom is -0.447 e. The lowest BCUT2D eigenvalue weighted by atomic mass is 10.2. The zero-order valence-corrected chi connectivity index (χ0v) is 10.3. The van der Waals surface area contributed by atoms with Crippen LogP contribution in [0.3, 0.4) is 0 Å². The Morgan fingerprint density at radius 2 is 2.05 bits per heavy atom. The molecular formula is C12H10F2N4O2. The molecule has 1 aromatic carbocycles. The van der Waals surface area contributed by atoms with Gasteiger partial charge in [-0.15, -0.1) is 5.10 Å². The number of halogens is 2. The number of rotatable bonds is 3. The Kier molecular flexibility index (Phi) is 3.05. The molecule has 6 nitrogen and oxygen atoms in total. The highest BCUT2D eigenvalue weighted by atomic mass is 19.1. The fourth-order valence-corrected chi connectivity index (χ4v) is 1.94. The van der Waals surface area contributed by atoms with Gasteiger partial charge in [-0.25, -0.2) is 18.3 Å². The van der Waals surface area contributed by atoms with E-state index in [-0.39, 0.29) is 18.7 Å². The minimum atomic E-state index is -0.650. The summed E-state index contributed by atoms with van der Waals surface area (Å²) in [4.78, 5) is 12.7. The standard InChI is InChI=1S/C12H10F2N4O2/c13-9-2-1-3-10(14)8(9)6-17-7-11(15-16-17)18-4-5-20-12(18)19/h1-3,7H,4-6H2. The number of ether oxygens (including phenoxy) is 1. The molecule has 104 valence electrons. The molecule has 2 heterocycles. The van der Waals surface area contributed by atoms with Gasteiger partial charge in [0.2, 0.25) is 0 Å². The summed E-state index contributed by atoms with van der Waals surface area (Å²) < 4.78 is 33.1. The summed E-state index contributed by atoms with van der Waals surface area (Å²) in [5.74, 6) is -1.01. The van der Waals surface area contributed by atoms with Crippen molar-refractivity contribution in [2.45, 2.75) is 6.54 Å². The number of aromatic nitrogens is 3. The van der Waals surface area contributed by atoms with Crippen LogP contribution < -0.4 is 4.90 Å². The average molecular weight is 280 g/mol. The van der Waals surface area contributed by atoms with Crippen molar-refractivity contribution in [3.63, 3.8) is 0 Å². The maximum absolute atomic E-state index is 13.5. The van der Waals surface area contributed by atoms with Crippen molar-refractivity contribution < 1.29 is 18.3 Å². The average Bonchev–Trinajstić information content (AvgIpc) is 3.02. The Hall–Kier alpha value is -2.51. The zero-order chi connectivity index (χ0) is 14.1. The van der Waals surface area contributed by atoms with Gasteiger partial charge in [0.05, 0.1) is 19.3 Å². The van der Waals surface area contributed by atoms with Gasteiger partial charge in [0.15, 0.2) is 5.82 Å². The van der Waals surface area contributed by atoms with E-state index < -0.39 is 17.7 Å². The van der Waals surface area contributed by atoms with E-state index in [2.05, 4.69) is 10.3 Å². The van der Waals surface area contributed by atoms with Crippen molar-refractivity contribution in [2.24, 2.45) is 0 Å². The third kappa shape index (κ3) is 2.20. The van der Waals surface area contributed by atoms with Crippen LogP contribution >= 0.6 is 0 Å². The smallest absolute Gasteiger partial charge is 0.415 e. The summed E-state index contributed by atoms with van der Waals surface area (Å²) in [7, 11) is 0. The van der Waals surface area contributed by atoms with Crippen LogP contribution in [0.5, 0.6) is 0 Å². The Bertz CT molecular complexity index is 638. The van der Waals surface area contributed by atoms with Gasteiger partial charge < -0.3 is 4.74 Å². The Balaban J connectivity index is 1.82. The van der Waals surface area contributed by atoms with E-state index in [1.54, 1.807) is 0 Å². The first kappa shape index (κ1) is 12.5. The predicted molar refractivity (Wildman–Crippen MR) is 64.2 cm³/mol. The first-order valence-corrected chi connectivity index (χ1v) is 5.92. The van der Waals surface area contributed by atoms with Crippen LogP contribution in [0.2, 0.25) is 0 Å². The number of cyclic esters (lactones) is 1. The summed E-state index contributed by atoms with van der Waals surface area (Å²) in [6, 6.07) is 3.64. The van der Waals surface area contributed by atoms with Gasteiger partial charge in [-0.1, -0.05) is 11.3 Å². The highest BCUT2D eigenvalue weighted by Crippen LogP contribution is 2.17. The number of hydrogen-bond donors (Lipinski definition) is 0. The Morgan fingerprint density at radius 1 is 1.30 bits per heavy atom. The summed E-state index contributed by atoms with van der Waals surface area (Å²) >= 11 is 0. The molecule has 8 heteroatoms. The van der Waals surface area contributed by atoms with Crippen LogP contribution in [0.4, 0.5) is 19.4 Å². The lowest BCUT2D eigenvalue weighted by Gasteiger charge is -2.06. The molecule has 1 aromatic heterocycles. The first-order valence-electron chi connectivity index (χ1n) is 5.92. The molecule has 3 rings (SSSR count). The third-order valence-corrected chi connectivity index (χ3v) is 2.95. The van der Waals surface area contributed by atoms with Crippen LogP contribution in [0.25, 0.3) is 0 Å². The van der Waals surface area contributed by atoms with Crippen molar-refractivity contribution in [3.8, 4) is 0 Å². The molecule has 20 heavy (non-hydrogen) atoms. The summed E-state index contributed by atoms with van der Waals surface area (Å²) in [6.07, 6.45) is 0.937. The normalized spacial score (nSPS) is 14.7. The molecule has 1 fully saturated rings. The van der Waals surface area contributed by atoms with Crippen LogP contribution in [-0.2, 0) is 11.3 Å². The quantitative estimate of drug-likeness (QED) is 0.856. The van der Waals surface area contributed by atoms with Crippen molar-refractivity contribution in [2.75, 3.05) is 18.1 Å². The van der Waals surface area contributed by atoms with E-state index in [1.807, 2.05) is 0 Å². The molecule has 0 atom stereocenters. The van der Waals surface area contributed by atoms with Crippen LogP contribution in [0.1, 0.15) is 5.56 Å². The molecule has 1 aliphatic heterocycles. The molecule has 0 N–H and O–H groups in total. The minimum absolute atomic E-state index is 0.103. The predicted octanol–water partition coefficient (Wildman–Crippen LogP) is 1.56. The summed E-state index contributed by atoms with van der Waals surface area (Å²) in [5.41, 5.74) is -0.104. The van der Waals surface area contributed by atoms with Crippen LogP contribution in [-0.4, -0.2) is 34.2 Å². The molecule has 1 amide bonds. The highest BCUT2D eigenvalue weighted by Gasteiger charge is 2.26. The van der Waals surface area contributed by atoms with Gasteiger partial charge >= 0.3 is 6.09 Å². The maximum Gasteiger partial charge on any atom is 0.415 e. The summed E-state index contributed by atoms with van der Waals surface area (Å²) in [6.45, 7) is 0.563. The van der Waals surface area contributed by atoms with E-state index >= 15 is 0 Å². The van der Waals surface area contributed by atoms with Gasteiger partial charge in [0.25, 0.3) is 0 Å². The van der Waals surface area contributed by atoms with E-state index in [9.17, 15) is 13.6 Å². The van der Waals surface area contributed by atoms with Crippen molar-refractivity contribution >= 4 is 11.9 Å². The van der Waals surface area contributed by atoms with Crippen LogP contribution in [0, 0.1) is 11.6 Å². The molecule has 0 spiro atoms. The second-order valence-electron chi connectivity index (χ2n) is 4.24. The maximum atomic E-state index is 13.5. The molecule has 0 radical (unpaired) electrons. The zero-order valence-electron chi connectivity index (χ0n) is 10.3. The van der Waals surface area contributed by atoms with Crippen LogP contribution in [0.15, 0.2) is 24.4 Å². The monoisotopic (exact) mass is 280 g/mol. The molecule has 0 aliphatic carbocycles. The number of hydrogen-bond acceptors (Lipinski definition) is 4. The summed E-state index contributed by atoms with van der Waals surface area (Å²) in [5, 5.41) is 7.55. The lowest BCUT2D eigenvalue weighted by Crippen LogP contribution is -2.23. The Labute approximate surface area is 112 Å². The van der Waals surface area contributed by atoms with Crippen molar-refractivity contribution in [1.29, 1.82) is 0 Å². The van der Waals surface area contributed by atoms with E-state index in [0.29, 0.717) is 12.4 Å². The van der Waals surface area contributed by atoms with E-state index in [4.69, 9.17) is 4.74 Å². The number of anilines is 1. The van der Waals surface area contributed by atoms with Gasteiger partial charge in [-0.3, -0.25) is 4.90 Å². The molecule has 0 bridgehead atoms. The molecule has 1 aliphatic rings. The second kappa shape index (κ2) is 4.87. The number of benzene rings is 1. The first-order chi connectivity index (χ1) is 9.65.